The van der Waals surface area contributed by atoms with E-state index in [4.69, 9.17) is 5.73 Å². The average molecular weight is 287 g/mol. The lowest BCUT2D eigenvalue weighted by Crippen LogP contribution is -2.30. The van der Waals surface area contributed by atoms with Crippen LogP contribution >= 0.6 is 0 Å². The zero-order valence-electron chi connectivity index (χ0n) is 12.1. The van der Waals surface area contributed by atoms with Crippen molar-refractivity contribution in [2.24, 2.45) is 0 Å². The number of carbonyl (C=O) groups excluding carboxylic acids is 1. The van der Waals surface area contributed by atoms with Crippen molar-refractivity contribution in [2.45, 2.75) is 6.92 Å². The zero-order chi connectivity index (χ0) is 15.4. The molecule has 4 nitrogen and oxygen atoms in total. The number of likely N-dealkylation sites (N-methyl/N-ethyl adjacent to an activating group) is 1. The van der Waals surface area contributed by atoms with Crippen LogP contribution in [0.15, 0.2) is 42.5 Å². The number of nitrogen functional groups attached to an aromatic ring is 1. The van der Waals surface area contributed by atoms with Crippen LogP contribution in [0, 0.1) is 12.7 Å². The van der Waals surface area contributed by atoms with Crippen LogP contribution in [0.2, 0.25) is 0 Å². The summed E-state index contributed by atoms with van der Waals surface area (Å²) < 4.78 is 13.2. The van der Waals surface area contributed by atoms with Gasteiger partial charge in [0.15, 0.2) is 0 Å². The first-order valence-corrected chi connectivity index (χ1v) is 6.59. The number of nitrogens with zero attached hydrogens (tertiary/aromatic N) is 1. The van der Waals surface area contributed by atoms with Crippen LogP contribution < -0.4 is 16.0 Å². The molecule has 21 heavy (non-hydrogen) atoms. The van der Waals surface area contributed by atoms with Crippen molar-refractivity contribution < 1.29 is 9.18 Å². The van der Waals surface area contributed by atoms with Gasteiger partial charge in [-0.1, -0.05) is 18.2 Å². The van der Waals surface area contributed by atoms with Crippen LogP contribution in [0.4, 0.5) is 21.5 Å². The molecule has 3 N–H and O–H groups in total. The number of carbonyl (C=O) groups is 1. The van der Waals surface area contributed by atoms with E-state index in [1.807, 2.05) is 19.1 Å². The van der Waals surface area contributed by atoms with Gasteiger partial charge in [-0.25, -0.2) is 4.39 Å². The third-order valence-electron chi connectivity index (χ3n) is 3.20. The number of hydrogen-bond acceptors (Lipinski definition) is 3. The Hall–Kier alpha value is -2.56. The van der Waals surface area contributed by atoms with E-state index in [0.717, 1.165) is 5.56 Å². The lowest BCUT2D eigenvalue weighted by atomic mass is 10.1. The number of benzene rings is 2. The highest BCUT2D eigenvalue weighted by Crippen LogP contribution is 2.22. The summed E-state index contributed by atoms with van der Waals surface area (Å²) in [5.41, 5.74) is 8.54. The fourth-order valence-electron chi connectivity index (χ4n) is 2.06. The predicted molar refractivity (Wildman–Crippen MR) is 83.9 cm³/mol. The van der Waals surface area contributed by atoms with Crippen LogP contribution in [0.5, 0.6) is 0 Å². The van der Waals surface area contributed by atoms with Crippen LogP contribution in [0.25, 0.3) is 0 Å². The van der Waals surface area contributed by atoms with E-state index >= 15 is 0 Å². The Morgan fingerprint density at radius 3 is 2.67 bits per heavy atom. The van der Waals surface area contributed by atoms with Gasteiger partial charge in [0.2, 0.25) is 5.91 Å². The Kier molecular flexibility index (Phi) is 4.42. The van der Waals surface area contributed by atoms with Crippen LogP contribution in [-0.2, 0) is 4.79 Å². The SMILES string of the molecule is Cc1cccc(N)c1NC(=O)CN(C)c1cccc(F)c1. The van der Waals surface area contributed by atoms with Crippen LogP contribution in [0.1, 0.15) is 5.56 Å². The Bertz CT molecular complexity index is 637. The van der Waals surface area contributed by atoms with Gasteiger partial charge in [-0.05, 0) is 36.8 Å². The molecule has 0 heterocycles. The summed E-state index contributed by atoms with van der Waals surface area (Å²) in [5.74, 6) is -0.536. The van der Waals surface area contributed by atoms with E-state index in [1.165, 1.54) is 12.1 Å². The highest BCUT2D eigenvalue weighted by atomic mass is 19.1. The molecule has 0 aliphatic rings. The van der Waals surface area contributed by atoms with Gasteiger partial charge in [0.05, 0.1) is 17.9 Å². The van der Waals surface area contributed by atoms with Crippen molar-refractivity contribution in [3.63, 3.8) is 0 Å². The summed E-state index contributed by atoms with van der Waals surface area (Å²) >= 11 is 0. The summed E-state index contributed by atoms with van der Waals surface area (Å²) in [6.07, 6.45) is 0. The average Bonchev–Trinajstić information content (AvgIpc) is 2.43. The predicted octanol–water partition coefficient (Wildman–Crippen LogP) is 2.79. The van der Waals surface area contributed by atoms with Crippen molar-refractivity contribution in [1.29, 1.82) is 0 Å². The highest BCUT2D eigenvalue weighted by molar-refractivity contribution is 5.97. The summed E-state index contributed by atoms with van der Waals surface area (Å²) in [6, 6.07) is 11.6. The van der Waals surface area contributed by atoms with Gasteiger partial charge in [0, 0.05) is 12.7 Å². The maximum atomic E-state index is 13.2. The molecule has 0 aromatic heterocycles. The molecule has 0 aliphatic heterocycles. The van der Waals surface area contributed by atoms with E-state index in [1.54, 1.807) is 30.1 Å². The number of halogens is 1. The monoisotopic (exact) mass is 287 g/mol. The number of amides is 1. The van der Waals surface area contributed by atoms with Gasteiger partial charge >= 0.3 is 0 Å². The second kappa shape index (κ2) is 6.26. The normalized spacial score (nSPS) is 10.2. The van der Waals surface area contributed by atoms with Crippen molar-refractivity contribution in [3.05, 3.63) is 53.8 Å². The Morgan fingerprint density at radius 1 is 1.29 bits per heavy atom. The smallest absolute Gasteiger partial charge is 0.243 e. The molecule has 0 unspecified atom stereocenters. The molecule has 0 saturated heterocycles. The first-order valence-electron chi connectivity index (χ1n) is 6.59. The molecule has 1 amide bonds. The number of nitrogens with one attached hydrogen (secondary N) is 1. The Balaban J connectivity index is 2.05. The van der Waals surface area contributed by atoms with Gasteiger partial charge in [0.1, 0.15) is 5.82 Å². The number of aryl methyl sites for hydroxylation is 1. The third-order valence-corrected chi connectivity index (χ3v) is 3.20. The third kappa shape index (κ3) is 3.72. The molecule has 2 rings (SSSR count). The molecule has 0 aliphatic carbocycles. The standard InChI is InChI=1S/C16H18FN3O/c1-11-5-3-8-14(18)16(11)19-15(21)10-20(2)13-7-4-6-12(17)9-13/h3-9H,10,18H2,1-2H3,(H,19,21). The quantitative estimate of drug-likeness (QED) is 0.850. The lowest BCUT2D eigenvalue weighted by molar-refractivity contribution is -0.114. The van der Waals surface area contributed by atoms with Gasteiger partial charge in [0.25, 0.3) is 0 Å². The van der Waals surface area contributed by atoms with Gasteiger partial charge in [-0.2, -0.15) is 0 Å². The lowest BCUT2D eigenvalue weighted by Gasteiger charge is -2.19. The number of nitrogens with two attached hydrogens (primary N) is 1. The topological polar surface area (TPSA) is 58.4 Å². The van der Waals surface area contributed by atoms with Crippen molar-refractivity contribution >= 4 is 23.0 Å². The van der Waals surface area contributed by atoms with Gasteiger partial charge in [-0.3, -0.25) is 4.79 Å². The van der Waals surface area contributed by atoms with Crippen molar-refractivity contribution in [2.75, 3.05) is 29.5 Å². The molecule has 2 aromatic carbocycles. The summed E-state index contributed by atoms with van der Waals surface area (Å²) in [7, 11) is 1.73. The van der Waals surface area contributed by atoms with E-state index in [0.29, 0.717) is 17.1 Å². The second-order valence-electron chi connectivity index (χ2n) is 4.92. The minimum atomic E-state index is -0.331. The minimum absolute atomic E-state index is 0.108. The molecule has 0 bridgehead atoms. The fourth-order valence-corrected chi connectivity index (χ4v) is 2.06. The maximum absolute atomic E-state index is 13.2. The van der Waals surface area contributed by atoms with Crippen LogP contribution in [-0.4, -0.2) is 19.5 Å². The molecule has 0 fully saturated rings. The Morgan fingerprint density at radius 2 is 2.00 bits per heavy atom. The van der Waals surface area contributed by atoms with Gasteiger partial charge < -0.3 is 16.0 Å². The first-order chi connectivity index (χ1) is 9.97. The number of rotatable bonds is 4. The largest absolute Gasteiger partial charge is 0.397 e. The molecular formula is C16H18FN3O. The molecule has 110 valence electrons. The summed E-state index contributed by atoms with van der Waals surface area (Å²) in [4.78, 5) is 13.8. The van der Waals surface area contributed by atoms with Crippen LogP contribution in [0.3, 0.4) is 0 Å². The number of para-hydroxylation sites is 1. The molecule has 0 spiro atoms. The number of anilines is 3. The second-order valence-corrected chi connectivity index (χ2v) is 4.92. The van der Waals surface area contributed by atoms with E-state index < -0.39 is 0 Å². The minimum Gasteiger partial charge on any atom is -0.397 e. The molecule has 0 atom stereocenters. The summed E-state index contributed by atoms with van der Waals surface area (Å²) in [5, 5.41) is 2.79. The maximum Gasteiger partial charge on any atom is 0.243 e. The van der Waals surface area contributed by atoms with E-state index in [-0.39, 0.29) is 18.3 Å². The Labute approximate surface area is 123 Å². The van der Waals surface area contributed by atoms with E-state index in [2.05, 4.69) is 5.32 Å². The fraction of sp³-hybridized carbons (Fsp3) is 0.188. The van der Waals surface area contributed by atoms with Crippen molar-refractivity contribution in [1.82, 2.24) is 0 Å². The molecule has 0 radical (unpaired) electrons. The zero-order valence-corrected chi connectivity index (χ0v) is 12.1. The first kappa shape index (κ1) is 14.8. The van der Waals surface area contributed by atoms with E-state index in [9.17, 15) is 9.18 Å². The van der Waals surface area contributed by atoms with Gasteiger partial charge in [-0.15, -0.1) is 0 Å². The van der Waals surface area contributed by atoms with Crippen molar-refractivity contribution in [3.8, 4) is 0 Å². The molecule has 2 aromatic rings. The molecule has 0 saturated carbocycles. The summed E-state index contributed by atoms with van der Waals surface area (Å²) in [6.45, 7) is 1.99. The number of hydrogen-bond donors (Lipinski definition) is 2. The molecular weight excluding hydrogens is 269 g/mol. The molecule has 5 heteroatoms. The highest BCUT2D eigenvalue weighted by Gasteiger charge is 2.11.